The third-order valence-corrected chi connectivity index (χ3v) is 13.7. The average molecular weight is 851 g/mol. The lowest BCUT2D eigenvalue weighted by atomic mass is 9.95. The van der Waals surface area contributed by atoms with E-state index in [-0.39, 0.29) is 43.0 Å². The third kappa shape index (κ3) is 7.85. The maximum atomic E-state index is 14.1. The molecule has 0 aliphatic carbocycles. The molecule has 20 heteroatoms. The lowest BCUT2D eigenvalue weighted by Crippen LogP contribution is -2.51. The number of rotatable bonds is 11. The lowest BCUT2D eigenvalue weighted by molar-refractivity contribution is -0.120. The number of carbonyl (C=O) groups is 2. The van der Waals surface area contributed by atoms with E-state index in [1.54, 1.807) is 38.3 Å². The number of nitrogens with zero attached hydrogens (tertiary/aromatic N) is 11. The van der Waals surface area contributed by atoms with Crippen LogP contribution in [-0.4, -0.2) is 127 Å². The molecule has 0 radical (unpaired) electrons. The Hall–Kier alpha value is -6.12. The van der Waals surface area contributed by atoms with Crippen molar-refractivity contribution in [1.82, 2.24) is 54.1 Å². The number of piperazine rings is 1. The summed E-state index contributed by atoms with van der Waals surface area (Å²) in [5.41, 5.74) is 4.82. The van der Waals surface area contributed by atoms with Gasteiger partial charge in [0.25, 0.3) is 0 Å². The summed E-state index contributed by atoms with van der Waals surface area (Å²) >= 11 is 0. The van der Waals surface area contributed by atoms with Gasteiger partial charge in [-0.25, -0.2) is 18.2 Å². The molecule has 3 saturated heterocycles. The van der Waals surface area contributed by atoms with Gasteiger partial charge in [0.15, 0.2) is 11.6 Å². The van der Waals surface area contributed by atoms with Crippen LogP contribution in [0.1, 0.15) is 46.1 Å². The van der Waals surface area contributed by atoms with Gasteiger partial charge in [-0.3, -0.25) is 29.7 Å². The summed E-state index contributed by atoms with van der Waals surface area (Å²) in [4.78, 5) is 40.2. The van der Waals surface area contributed by atoms with Gasteiger partial charge in [0.05, 0.1) is 22.7 Å². The molecule has 3 fully saturated rings. The number of imide groups is 1. The summed E-state index contributed by atoms with van der Waals surface area (Å²) < 4.78 is 39.3. The van der Waals surface area contributed by atoms with Gasteiger partial charge in [0, 0.05) is 94.2 Å². The van der Waals surface area contributed by atoms with Crippen molar-refractivity contribution < 1.29 is 22.7 Å². The Morgan fingerprint density at radius 1 is 1.02 bits per heavy atom. The molecule has 6 aromatic rings. The Bertz CT molecular complexity index is 2720. The molecule has 9 rings (SSSR count). The summed E-state index contributed by atoms with van der Waals surface area (Å²) in [6.07, 6.45) is 5.72. The van der Waals surface area contributed by atoms with Gasteiger partial charge >= 0.3 is 6.03 Å². The van der Waals surface area contributed by atoms with E-state index in [0.717, 1.165) is 47.4 Å². The number of carbonyl (C=O) groups excluding carboxylic acids is 2. The van der Waals surface area contributed by atoms with Crippen LogP contribution in [0.25, 0.3) is 27.8 Å². The molecule has 3 atom stereocenters. The monoisotopic (exact) mass is 850 g/mol. The van der Waals surface area contributed by atoms with Crippen molar-refractivity contribution in [2.24, 2.45) is 13.0 Å². The number of fused-ring (bicyclic) bond motifs is 2. The number of urea groups is 1. The molecule has 7 heterocycles. The van der Waals surface area contributed by atoms with Gasteiger partial charge in [0.2, 0.25) is 27.5 Å². The second-order valence-electron chi connectivity index (χ2n) is 16.5. The van der Waals surface area contributed by atoms with Crippen LogP contribution in [0.2, 0.25) is 0 Å². The predicted octanol–water partition coefficient (Wildman–Crippen LogP) is 3.86. The molecule has 320 valence electrons. The molecule has 61 heavy (non-hydrogen) atoms. The van der Waals surface area contributed by atoms with Crippen LogP contribution in [-0.2, 0) is 28.4 Å². The number of H-pyrrole nitrogens is 1. The molecule has 4 aromatic heterocycles. The van der Waals surface area contributed by atoms with Crippen molar-refractivity contribution in [3.63, 3.8) is 0 Å². The van der Waals surface area contributed by atoms with E-state index in [2.05, 4.69) is 64.9 Å². The number of aromatic nitrogens is 8. The Labute approximate surface area is 353 Å². The molecule has 19 nitrogen and oxygen atoms in total. The first-order valence-electron chi connectivity index (χ1n) is 20.7. The Balaban J connectivity index is 0.827. The van der Waals surface area contributed by atoms with Crippen LogP contribution < -0.4 is 25.2 Å². The van der Waals surface area contributed by atoms with Crippen LogP contribution in [0, 0.1) is 5.92 Å². The first kappa shape index (κ1) is 40.3. The average Bonchev–Trinajstić information content (AvgIpc) is 3.99. The van der Waals surface area contributed by atoms with Crippen LogP contribution >= 0.6 is 0 Å². The summed E-state index contributed by atoms with van der Waals surface area (Å²) in [6, 6.07) is 13.2. The number of aryl methyl sites for hydroxylation is 1. The number of piperidine rings is 1. The normalized spacial score (nSPS) is 20.9. The van der Waals surface area contributed by atoms with Crippen LogP contribution in [0.15, 0.2) is 66.1 Å². The highest BCUT2D eigenvalue weighted by Gasteiger charge is 2.35. The van der Waals surface area contributed by atoms with E-state index < -0.39 is 16.1 Å². The molecular formula is C41H50N14O5S. The number of aromatic amines is 1. The predicted molar refractivity (Wildman–Crippen MR) is 229 cm³/mol. The minimum absolute atomic E-state index is 0.0229. The molecule has 3 aliphatic heterocycles. The second-order valence-corrected chi connectivity index (χ2v) is 18.4. The zero-order valence-electron chi connectivity index (χ0n) is 34.8. The van der Waals surface area contributed by atoms with E-state index in [1.165, 1.54) is 4.90 Å². The van der Waals surface area contributed by atoms with E-state index >= 15 is 0 Å². The minimum Gasteiger partial charge on any atom is -0.485 e. The molecule has 3 aliphatic rings. The number of nitrogens with one attached hydrogen (secondary N) is 3. The third-order valence-electron chi connectivity index (χ3n) is 11.8. The van der Waals surface area contributed by atoms with E-state index in [4.69, 9.17) is 9.72 Å². The largest absolute Gasteiger partial charge is 0.485 e. The summed E-state index contributed by atoms with van der Waals surface area (Å²) in [5.74, 6) is 1.16. The van der Waals surface area contributed by atoms with Gasteiger partial charge in [-0.2, -0.15) is 24.0 Å². The maximum absolute atomic E-state index is 14.1. The van der Waals surface area contributed by atoms with Gasteiger partial charge in [0.1, 0.15) is 12.0 Å². The molecule has 3 N–H and O–H groups in total. The van der Waals surface area contributed by atoms with Gasteiger partial charge in [-0.15, -0.1) is 5.10 Å². The molecule has 3 amide bonds. The van der Waals surface area contributed by atoms with Crippen molar-refractivity contribution in [2.75, 3.05) is 54.4 Å². The quantitative estimate of drug-likeness (QED) is 0.170. The zero-order chi connectivity index (χ0) is 42.6. The maximum Gasteiger partial charge on any atom is 0.329 e. The number of benzene rings is 2. The lowest BCUT2D eigenvalue weighted by Gasteiger charge is -2.41. The molecular weight excluding hydrogens is 801 g/mol. The SMILES string of the molecule is CC(C)Oc1c(-c2cn[nH]c2)ncn2nc(N[C@H]3CCN(S(=O)(=O)c4cccc(CN5CCN(c6ccc7c(N8CCC(=O)NC8=O)nn(C)c7c6)CC5C)c4)C[C@H]3C)nc12. The van der Waals surface area contributed by atoms with E-state index in [1.807, 2.05) is 52.1 Å². The number of hydrogen-bond donors (Lipinski definition) is 3. The van der Waals surface area contributed by atoms with Crippen molar-refractivity contribution in [1.29, 1.82) is 0 Å². The van der Waals surface area contributed by atoms with Gasteiger partial charge in [-0.1, -0.05) is 19.1 Å². The molecule has 0 spiro atoms. The smallest absolute Gasteiger partial charge is 0.329 e. The van der Waals surface area contributed by atoms with Crippen LogP contribution in [0.5, 0.6) is 5.75 Å². The Kier molecular flexibility index (Phi) is 10.6. The van der Waals surface area contributed by atoms with Gasteiger partial charge in [-0.05, 0) is 69.0 Å². The highest BCUT2D eigenvalue weighted by Crippen LogP contribution is 2.34. The summed E-state index contributed by atoms with van der Waals surface area (Å²) in [7, 11) is -1.89. The highest BCUT2D eigenvalue weighted by molar-refractivity contribution is 7.89. The Morgan fingerprint density at radius 2 is 1.87 bits per heavy atom. The molecule has 2 aromatic carbocycles. The van der Waals surface area contributed by atoms with Crippen molar-refractivity contribution in [3.8, 4) is 17.0 Å². The molecule has 0 bridgehead atoms. The van der Waals surface area contributed by atoms with Crippen molar-refractivity contribution >= 4 is 56.0 Å². The van der Waals surface area contributed by atoms with Gasteiger partial charge < -0.3 is 15.0 Å². The van der Waals surface area contributed by atoms with Crippen LogP contribution in [0.3, 0.4) is 0 Å². The minimum atomic E-state index is -3.75. The standard InChI is InChI=1S/C41H50N14O5S/c1-25(2)60-37-36(29-19-43-44-20-29)42-24-55-39(37)47-40(49-55)45-33-11-13-53(21-26(33)3)61(58,59)31-8-6-7-28(17-31)23-51-15-16-52(22-27(51)4)30-9-10-32-34(18-30)50(5)48-38(32)54-14-12-35(56)46-41(54)57/h6-10,17-20,24-27,33H,11-16,21-23H2,1-5H3,(H,43,44)(H,45,49)(H,46,56,57)/t26-,27?,33+/m1/s1. The number of anilines is 3. The van der Waals surface area contributed by atoms with Crippen LogP contribution in [0.4, 0.5) is 22.2 Å². The summed E-state index contributed by atoms with van der Waals surface area (Å²) in [5, 5.41) is 22.8. The number of amides is 3. The molecule has 1 unspecified atom stereocenters. The van der Waals surface area contributed by atoms with Crippen molar-refractivity contribution in [2.45, 2.75) is 70.2 Å². The first-order valence-corrected chi connectivity index (χ1v) is 22.1. The number of ether oxygens (including phenoxy) is 1. The fraction of sp³-hybridized carbons (Fsp3) is 0.439. The fourth-order valence-electron chi connectivity index (χ4n) is 8.57. The number of hydrogen-bond acceptors (Lipinski definition) is 13. The second kappa shape index (κ2) is 16.1. The first-order chi connectivity index (χ1) is 29.3. The molecule has 0 saturated carbocycles. The van der Waals surface area contributed by atoms with Crippen molar-refractivity contribution in [3.05, 3.63) is 66.7 Å². The Morgan fingerprint density at radius 3 is 2.62 bits per heavy atom. The fourth-order valence-corrected chi connectivity index (χ4v) is 10.2. The number of sulfonamides is 1. The van der Waals surface area contributed by atoms with E-state index in [0.29, 0.717) is 59.8 Å². The highest BCUT2D eigenvalue weighted by atomic mass is 32.2. The summed E-state index contributed by atoms with van der Waals surface area (Å²) in [6.45, 7) is 12.1. The van der Waals surface area contributed by atoms with E-state index in [9.17, 15) is 18.0 Å². The topological polar surface area (TPSA) is 204 Å². The zero-order valence-corrected chi connectivity index (χ0v) is 35.6.